The average molecular weight is 455 g/mol. The highest BCUT2D eigenvalue weighted by Crippen LogP contribution is 2.16. The summed E-state index contributed by atoms with van der Waals surface area (Å²) in [6.07, 6.45) is 0.775. The van der Waals surface area contributed by atoms with Gasteiger partial charge in [-0.15, -0.1) is 0 Å². The molecule has 0 aliphatic carbocycles. The number of hydrogen-bond donors (Lipinski definition) is 2. The maximum absolute atomic E-state index is 12.8. The summed E-state index contributed by atoms with van der Waals surface area (Å²) in [4.78, 5) is 28.6. The van der Waals surface area contributed by atoms with E-state index in [1.165, 1.54) is 12.1 Å². The zero-order chi connectivity index (χ0) is 23.1. The molecule has 0 unspecified atom stereocenters. The van der Waals surface area contributed by atoms with Crippen LogP contribution in [-0.2, 0) is 19.6 Å². The summed E-state index contributed by atoms with van der Waals surface area (Å²) in [7, 11) is -2.01. The van der Waals surface area contributed by atoms with E-state index in [1.807, 2.05) is 4.90 Å². The van der Waals surface area contributed by atoms with Gasteiger partial charge in [-0.25, -0.2) is 13.1 Å². The van der Waals surface area contributed by atoms with Crippen LogP contribution in [-0.4, -0.2) is 88.6 Å². The molecular weight excluding hydrogens is 420 g/mol. The van der Waals surface area contributed by atoms with E-state index in [2.05, 4.69) is 10.0 Å². The number of hydrogen-bond acceptors (Lipinski definition) is 6. The van der Waals surface area contributed by atoms with Gasteiger partial charge in [0.1, 0.15) is 0 Å². The molecule has 0 atom stereocenters. The second kappa shape index (κ2) is 11.0. The number of amides is 2. The number of carbonyl (C=O) groups excluding carboxylic acids is 2. The van der Waals surface area contributed by atoms with Crippen molar-refractivity contribution in [1.82, 2.24) is 19.8 Å². The van der Waals surface area contributed by atoms with E-state index in [1.54, 1.807) is 44.9 Å². The van der Waals surface area contributed by atoms with Crippen LogP contribution >= 0.6 is 0 Å². The number of nitrogens with zero attached hydrogens (tertiary/aromatic N) is 2. The van der Waals surface area contributed by atoms with Crippen LogP contribution in [0.25, 0.3) is 0 Å². The first-order chi connectivity index (χ1) is 14.5. The maximum Gasteiger partial charge on any atom is 0.253 e. The van der Waals surface area contributed by atoms with Crippen molar-refractivity contribution in [2.24, 2.45) is 0 Å². The lowest BCUT2D eigenvalue weighted by Gasteiger charge is -2.34. The van der Waals surface area contributed by atoms with Gasteiger partial charge >= 0.3 is 0 Å². The fourth-order valence-electron chi connectivity index (χ4n) is 3.23. The van der Waals surface area contributed by atoms with Gasteiger partial charge in [0.25, 0.3) is 5.91 Å². The summed E-state index contributed by atoms with van der Waals surface area (Å²) in [6, 6.07) is 5.98. The molecular formula is C21H34N4O5S. The molecule has 1 saturated heterocycles. The Morgan fingerprint density at radius 3 is 2.23 bits per heavy atom. The topological polar surface area (TPSA) is 108 Å². The summed E-state index contributed by atoms with van der Waals surface area (Å²) >= 11 is 0. The maximum atomic E-state index is 12.8. The lowest BCUT2D eigenvalue weighted by Crippen LogP contribution is -2.51. The van der Waals surface area contributed by atoms with Crippen LogP contribution in [0.1, 0.15) is 37.6 Å². The van der Waals surface area contributed by atoms with Gasteiger partial charge in [0.15, 0.2) is 0 Å². The number of rotatable bonds is 9. The summed E-state index contributed by atoms with van der Waals surface area (Å²) < 4.78 is 32.4. The van der Waals surface area contributed by atoms with Gasteiger partial charge in [-0.1, -0.05) is 0 Å². The number of benzene rings is 1. The number of carbonyl (C=O) groups is 2. The fourth-order valence-corrected chi connectivity index (χ4v) is 4.65. The Kier molecular flexibility index (Phi) is 8.99. The minimum absolute atomic E-state index is 0.0310. The Hall–Kier alpha value is -2.01. The SMILES string of the molecule is COCCCNC(=O)CN1CCN(C(=O)c2ccc(S(=O)(=O)NC(C)(C)C)cc2)CC1. The second-order valence-electron chi connectivity index (χ2n) is 8.64. The molecule has 2 rings (SSSR count). The highest BCUT2D eigenvalue weighted by atomic mass is 32.2. The molecule has 1 aliphatic rings. The predicted molar refractivity (Wildman–Crippen MR) is 118 cm³/mol. The Labute approximate surface area is 185 Å². The van der Waals surface area contributed by atoms with Gasteiger partial charge in [0, 0.05) is 57.5 Å². The Balaban J connectivity index is 1.85. The lowest BCUT2D eigenvalue weighted by molar-refractivity contribution is -0.122. The molecule has 1 aromatic rings. The van der Waals surface area contributed by atoms with E-state index in [0.29, 0.717) is 51.4 Å². The van der Waals surface area contributed by atoms with E-state index in [-0.39, 0.29) is 16.7 Å². The van der Waals surface area contributed by atoms with Crippen LogP contribution in [0, 0.1) is 0 Å². The molecule has 0 bridgehead atoms. The number of sulfonamides is 1. The highest BCUT2D eigenvalue weighted by molar-refractivity contribution is 7.89. The molecule has 2 amide bonds. The molecule has 31 heavy (non-hydrogen) atoms. The van der Waals surface area contributed by atoms with E-state index < -0.39 is 15.6 Å². The van der Waals surface area contributed by atoms with Crippen molar-refractivity contribution < 1.29 is 22.7 Å². The van der Waals surface area contributed by atoms with E-state index >= 15 is 0 Å². The molecule has 1 fully saturated rings. The predicted octanol–water partition coefficient (Wildman–Crippen LogP) is 0.674. The number of nitrogens with one attached hydrogen (secondary N) is 2. The zero-order valence-electron chi connectivity index (χ0n) is 18.8. The van der Waals surface area contributed by atoms with Crippen molar-refractivity contribution in [1.29, 1.82) is 0 Å². The summed E-state index contributed by atoms with van der Waals surface area (Å²) in [5.41, 5.74) is -0.146. The first kappa shape index (κ1) is 25.3. The van der Waals surface area contributed by atoms with Crippen LogP contribution in [0.3, 0.4) is 0 Å². The number of piperazine rings is 1. The van der Waals surface area contributed by atoms with E-state index in [9.17, 15) is 18.0 Å². The Bertz CT molecular complexity index is 842. The summed E-state index contributed by atoms with van der Waals surface area (Å²) in [5, 5.41) is 2.86. The van der Waals surface area contributed by atoms with Crippen LogP contribution < -0.4 is 10.0 Å². The van der Waals surface area contributed by atoms with Crippen molar-refractivity contribution in [3.63, 3.8) is 0 Å². The van der Waals surface area contributed by atoms with Crippen LogP contribution in [0.15, 0.2) is 29.2 Å². The minimum Gasteiger partial charge on any atom is -0.385 e. The third kappa shape index (κ3) is 8.21. The molecule has 174 valence electrons. The number of methoxy groups -OCH3 is 1. The van der Waals surface area contributed by atoms with Crippen LogP contribution in [0.4, 0.5) is 0 Å². The van der Waals surface area contributed by atoms with Crippen LogP contribution in [0.5, 0.6) is 0 Å². The Morgan fingerprint density at radius 2 is 1.68 bits per heavy atom. The summed E-state index contributed by atoms with van der Waals surface area (Å²) in [5.74, 6) is -0.173. The van der Waals surface area contributed by atoms with E-state index in [0.717, 1.165) is 6.42 Å². The van der Waals surface area contributed by atoms with Crippen molar-refractivity contribution in [2.75, 3.05) is 53.0 Å². The molecule has 0 aromatic heterocycles. The van der Waals surface area contributed by atoms with Gasteiger partial charge in [-0.3, -0.25) is 14.5 Å². The quantitative estimate of drug-likeness (QED) is 0.531. The molecule has 2 N–H and O–H groups in total. The van der Waals surface area contributed by atoms with Crippen molar-refractivity contribution in [2.45, 2.75) is 37.6 Å². The Morgan fingerprint density at radius 1 is 1.06 bits per heavy atom. The number of ether oxygens (including phenoxy) is 1. The van der Waals surface area contributed by atoms with Gasteiger partial charge < -0.3 is 15.0 Å². The molecule has 1 heterocycles. The van der Waals surface area contributed by atoms with Gasteiger partial charge in [-0.2, -0.15) is 0 Å². The highest BCUT2D eigenvalue weighted by Gasteiger charge is 2.25. The first-order valence-electron chi connectivity index (χ1n) is 10.4. The third-order valence-corrected chi connectivity index (χ3v) is 6.50. The van der Waals surface area contributed by atoms with Crippen LogP contribution in [0.2, 0.25) is 0 Å². The van der Waals surface area contributed by atoms with Gasteiger partial charge in [-0.05, 0) is 51.5 Å². The van der Waals surface area contributed by atoms with Gasteiger partial charge in [0.05, 0.1) is 11.4 Å². The smallest absolute Gasteiger partial charge is 0.253 e. The van der Waals surface area contributed by atoms with Crippen molar-refractivity contribution in [3.05, 3.63) is 29.8 Å². The molecule has 1 aliphatic heterocycles. The van der Waals surface area contributed by atoms with Gasteiger partial charge in [0.2, 0.25) is 15.9 Å². The molecule has 9 nitrogen and oxygen atoms in total. The molecule has 1 aromatic carbocycles. The standard InChI is InChI=1S/C21H34N4O5S/c1-21(2,3)23-31(28,29)18-8-6-17(7-9-18)20(27)25-13-11-24(12-14-25)16-19(26)22-10-5-15-30-4/h6-9,23H,5,10-16H2,1-4H3,(H,22,26). The third-order valence-electron chi connectivity index (χ3n) is 4.73. The molecule has 0 spiro atoms. The fraction of sp³-hybridized carbons (Fsp3) is 0.619. The van der Waals surface area contributed by atoms with E-state index in [4.69, 9.17) is 4.74 Å². The minimum atomic E-state index is -3.64. The largest absolute Gasteiger partial charge is 0.385 e. The zero-order valence-corrected chi connectivity index (χ0v) is 19.6. The first-order valence-corrected chi connectivity index (χ1v) is 11.9. The summed E-state index contributed by atoms with van der Waals surface area (Å²) in [6.45, 7) is 9.07. The monoisotopic (exact) mass is 454 g/mol. The molecule has 0 saturated carbocycles. The van der Waals surface area contributed by atoms with Crippen molar-refractivity contribution in [3.8, 4) is 0 Å². The normalized spacial score (nSPS) is 15.7. The lowest BCUT2D eigenvalue weighted by atomic mass is 10.1. The van der Waals surface area contributed by atoms with Crippen molar-refractivity contribution >= 4 is 21.8 Å². The second-order valence-corrected chi connectivity index (χ2v) is 10.3. The molecule has 10 heteroatoms. The average Bonchev–Trinajstić information content (AvgIpc) is 2.70. The molecule has 0 radical (unpaired) electrons.